The van der Waals surface area contributed by atoms with Gasteiger partial charge in [-0.3, -0.25) is 9.80 Å². The Balaban J connectivity index is 1.94. The van der Waals surface area contributed by atoms with Crippen LogP contribution in [0.25, 0.3) is 0 Å². The third-order valence-corrected chi connectivity index (χ3v) is 3.94. The smallest absolute Gasteiger partial charge is 0.409 e. The number of likely N-dealkylation sites (tertiary alicyclic amines) is 1. The topological polar surface area (TPSA) is 43.8 Å². The van der Waals surface area contributed by atoms with Gasteiger partial charge in [0.1, 0.15) is 0 Å². The average molecular weight is 294 g/mol. The third-order valence-electron chi connectivity index (χ3n) is 3.94. The van der Waals surface area contributed by atoms with E-state index in [4.69, 9.17) is 0 Å². The highest BCUT2D eigenvalue weighted by Gasteiger charge is 2.35. The van der Waals surface area contributed by atoms with Gasteiger partial charge < -0.3 is 5.11 Å². The lowest BCUT2D eigenvalue weighted by atomic mass is 10.2. The van der Waals surface area contributed by atoms with Crippen LogP contribution < -0.4 is 0 Å². The van der Waals surface area contributed by atoms with Crippen LogP contribution in [0.3, 0.4) is 0 Å². The number of halogens is 1. The van der Waals surface area contributed by atoms with E-state index in [1.54, 1.807) is 0 Å². The van der Waals surface area contributed by atoms with Gasteiger partial charge >= 0.3 is 6.09 Å². The molecule has 1 heterocycles. The van der Waals surface area contributed by atoms with Crippen LogP contribution in [-0.4, -0.2) is 46.4 Å². The standard InChI is InChI=1S/C16H23FN2O2/c1-2-6-15(17)19(16(20)21)14-9-10-18(12-14)11-13-7-4-3-5-8-13/h3-5,7-8,14-15H,2,6,9-12H2,1H3,(H,20,21). The fraction of sp³-hybridized carbons (Fsp3) is 0.562. The Kier molecular flexibility index (Phi) is 5.56. The van der Waals surface area contributed by atoms with Crippen LogP contribution in [0.15, 0.2) is 30.3 Å². The van der Waals surface area contributed by atoms with Gasteiger partial charge in [-0.05, 0) is 18.4 Å². The van der Waals surface area contributed by atoms with Crippen LogP contribution in [0, 0.1) is 0 Å². The first-order chi connectivity index (χ1) is 10.1. The Hall–Kier alpha value is -1.62. The van der Waals surface area contributed by atoms with Gasteiger partial charge in [0.15, 0.2) is 6.30 Å². The van der Waals surface area contributed by atoms with Crippen molar-refractivity contribution >= 4 is 6.09 Å². The fourth-order valence-electron chi connectivity index (χ4n) is 2.91. The van der Waals surface area contributed by atoms with E-state index in [0.717, 1.165) is 18.0 Å². The van der Waals surface area contributed by atoms with E-state index < -0.39 is 12.4 Å². The van der Waals surface area contributed by atoms with E-state index in [-0.39, 0.29) is 12.5 Å². The second-order valence-electron chi connectivity index (χ2n) is 5.58. The Labute approximate surface area is 125 Å². The first-order valence-electron chi connectivity index (χ1n) is 7.53. The van der Waals surface area contributed by atoms with Crippen molar-refractivity contribution in [2.75, 3.05) is 13.1 Å². The fourth-order valence-corrected chi connectivity index (χ4v) is 2.91. The highest BCUT2D eigenvalue weighted by atomic mass is 19.1. The van der Waals surface area contributed by atoms with E-state index in [1.807, 2.05) is 25.1 Å². The summed E-state index contributed by atoms with van der Waals surface area (Å²) < 4.78 is 14.1. The van der Waals surface area contributed by atoms with Crippen molar-refractivity contribution in [3.63, 3.8) is 0 Å². The number of hydrogen-bond acceptors (Lipinski definition) is 2. The molecule has 1 N–H and O–H groups in total. The van der Waals surface area contributed by atoms with Gasteiger partial charge in [-0.1, -0.05) is 43.7 Å². The molecule has 0 spiro atoms. The normalized spacial score (nSPS) is 20.4. The van der Waals surface area contributed by atoms with Crippen molar-refractivity contribution in [1.82, 2.24) is 9.80 Å². The Morgan fingerprint density at radius 1 is 1.48 bits per heavy atom. The van der Waals surface area contributed by atoms with Crippen molar-refractivity contribution in [3.8, 4) is 0 Å². The van der Waals surface area contributed by atoms with Crippen molar-refractivity contribution in [1.29, 1.82) is 0 Å². The molecule has 4 nitrogen and oxygen atoms in total. The van der Waals surface area contributed by atoms with Gasteiger partial charge in [-0.25, -0.2) is 9.18 Å². The predicted molar refractivity (Wildman–Crippen MR) is 79.8 cm³/mol. The van der Waals surface area contributed by atoms with Gasteiger partial charge in [0.25, 0.3) is 0 Å². The molecule has 1 aliphatic rings. The molecule has 0 saturated carbocycles. The molecule has 1 aromatic rings. The van der Waals surface area contributed by atoms with E-state index in [2.05, 4.69) is 17.0 Å². The summed E-state index contributed by atoms with van der Waals surface area (Å²) in [7, 11) is 0. The summed E-state index contributed by atoms with van der Waals surface area (Å²) in [5, 5.41) is 9.27. The summed E-state index contributed by atoms with van der Waals surface area (Å²) in [5.41, 5.74) is 1.20. The zero-order chi connectivity index (χ0) is 15.2. The van der Waals surface area contributed by atoms with E-state index in [1.165, 1.54) is 5.56 Å². The first-order valence-corrected chi connectivity index (χ1v) is 7.53. The summed E-state index contributed by atoms with van der Waals surface area (Å²) >= 11 is 0. The zero-order valence-corrected chi connectivity index (χ0v) is 12.4. The molecule has 1 aliphatic heterocycles. The largest absolute Gasteiger partial charge is 0.465 e. The number of rotatable bonds is 6. The number of carbonyl (C=O) groups is 1. The van der Waals surface area contributed by atoms with Gasteiger partial charge in [0.05, 0.1) is 6.04 Å². The number of hydrogen-bond donors (Lipinski definition) is 1. The first kappa shape index (κ1) is 15.8. The van der Waals surface area contributed by atoms with Crippen molar-refractivity contribution in [2.45, 2.75) is 45.1 Å². The molecular formula is C16H23FN2O2. The van der Waals surface area contributed by atoms with Crippen molar-refractivity contribution in [3.05, 3.63) is 35.9 Å². The number of carboxylic acid groups (broad SMARTS) is 1. The van der Waals surface area contributed by atoms with Crippen LogP contribution in [-0.2, 0) is 6.54 Å². The lowest BCUT2D eigenvalue weighted by molar-refractivity contribution is 0.0399. The van der Waals surface area contributed by atoms with E-state index in [9.17, 15) is 14.3 Å². The number of benzene rings is 1. The highest BCUT2D eigenvalue weighted by Crippen LogP contribution is 2.22. The molecule has 0 bridgehead atoms. The van der Waals surface area contributed by atoms with Gasteiger partial charge in [-0.2, -0.15) is 0 Å². The highest BCUT2D eigenvalue weighted by molar-refractivity contribution is 5.65. The molecule has 1 saturated heterocycles. The van der Waals surface area contributed by atoms with Gasteiger partial charge in [-0.15, -0.1) is 0 Å². The quantitative estimate of drug-likeness (QED) is 0.818. The number of alkyl halides is 1. The van der Waals surface area contributed by atoms with Crippen LogP contribution in [0.5, 0.6) is 0 Å². The second-order valence-corrected chi connectivity index (χ2v) is 5.58. The lowest BCUT2D eigenvalue weighted by Crippen LogP contribution is -2.46. The molecular weight excluding hydrogens is 271 g/mol. The minimum absolute atomic E-state index is 0.243. The maximum atomic E-state index is 14.1. The molecule has 1 aromatic carbocycles. The van der Waals surface area contributed by atoms with Crippen LogP contribution in [0.1, 0.15) is 31.7 Å². The maximum Gasteiger partial charge on any atom is 0.409 e. The SMILES string of the molecule is CCCC(F)N(C(=O)O)C1CCN(Cc2ccccc2)C1. The maximum absolute atomic E-state index is 14.1. The second kappa shape index (κ2) is 7.41. The Bertz CT molecular complexity index is 455. The monoisotopic (exact) mass is 294 g/mol. The van der Waals surface area contributed by atoms with Crippen molar-refractivity contribution < 1.29 is 14.3 Å². The zero-order valence-electron chi connectivity index (χ0n) is 12.4. The Morgan fingerprint density at radius 2 is 2.19 bits per heavy atom. The number of nitrogens with zero attached hydrogens (tertiary/aromatic N) is 2. The Morgan fingerprint density at radius 3 is 2.81 bits per heavy atom. The molecule has 116 valence electrons. The number of amides is 1. The van der Waals surface area contributed by atoms with Crippen LogP contribution >= 0.6 is 0 Å². The summed E-state index contributed by atoms with van der Waals surface area (Å²) in [6, 6.07) is 9.82. The van der Waals surface area contributed by atoms with Crippen molar-refractivity contribution in [2.24, 2.45) is 0 Å². The molecule has 5 heteroatoms. The minimum Gasteiger partial charge on any atom is -0.465 e. The molecule has 2 atom stereocenters. The molecule has 2 unspecified atom stereocenters. The molecule has 21 heavy (non-hydrogen) atoms. The van der Waals surface area contributed by atoms with Gasteiger partial charge in [0, 0.05) is 19.6 Å². The molecule has 1 fully saturated rings. The van der Waals surface area contributed by atoms with Crippen LogP contribution in [0.4, 0.5) is 9.18 Å². The van der Waals surface area contributed by atoms with Gasteiger partial charge in [0.2, 0.25) is 0 Å². The molecule has 0 aromatic heterocycles. The molecule has 0 radical (unpaired) electrons. The third kappa shape index (κ3) is 4.17. The predicted octanol–water partition coefficient (Wildman–Crippen LogP) is 3.34. The summed E-state index contributed by atoms with van der Waals surface area (Å²) in [6.45, 7) is 4.06. The average Bonchev–Trinajstić information content (AvgIpc) is 2.88. The summed E-state index contributed by atoms with van der Waals surface area (Å²) in [5.74, 6) is 0. The van der Waals surface area contributed by atoms with Crippen LogP contribution in [0.2, 0.25) is 0 Å². The minimum atomic E-state index is -1.39. The summed E-state index contributed by atoms with van der Waals surface area (Å²) in [6.07, 6.45) is -0.937. The van der Waals surface area contributed by atoms with E-state index in [0.29, 0.717) is 19.4 Å². The molecule has 1 amide bonds. The summed E-state index contributed by atoms with van der Waals surface area (Å²) in [4.78, 5) is 14.5. The van der Waals surface area contributed by atoms with E-state index >= 15 is 0 Å². The molecule has 0 aliphatic carbocycles. The molecule has 2 rings (SSSR count). The lowest BCUT2D eigenvalue weighted by Gasteiger charge is -2.29.